The van der Waals surface area contributed by atoms with E-state index >= 15 is 0 Å². The van der Waals surface area contributed by atoms with E-state index in [2.05, 4.69) is 0 Å². The second-order valence-electron chi connectivity index (χ2n) is 5.81. The second-order valence-corrected chi connectivity index (χ2v) is 5.81. The van der Waals surface area contributed by atoms with Crippen molar-refractivity contribution in [2.45, 2.75) is 54.1 Å². The van der Waals surface area contributed by atoms with Gasteiger partial charge in [-0.25, -0.2) is 0 Å². The lowest BCUT2D eigenvalue weighted by molar-refractivity contribution is -0.406. The molecule has 11 nitrogen and oxygen atoms in total. The van der Waals surface area contributed by atoms with Gasteiger partial charge in [-0.05, 0) is 0 Å². The molecule has 9 N–H and O–H groups in total. The summed E-state index contributed by atoms with van der Waals surface area (Å²) in [6.45, 7) is -2.24. The predicted octanol–water partition coefficient (Wildman–Crippen LogP) is -6.01. The molecule has 0 spiro atoms. The zero-order valence-electron chi connectivity index (χ0n) is 12.0. The molecule has 2 saturated heterocycles. The van der Waals surface area contributed by atoms with Crippen LogP contribution in [0.4, 0.5) is 0 Å². The Balaban J connectivity index is 2.46. The van der Waals surface area contributed by atoms with Crippen molar-refractivity contribution in [3.8, 4) is 0 Å². The fourth-order valence-electron chi connectivity index (χ4n) is 3.12. The highest BCUT2D eigenvalue weighted by Gasteiger charge is 2.71. The van der Waals surface area contributed by atoms with Gasteiger partial charge >= 0.3 is 0 Å². The molecular formula is C12H22O11. The van der Waals surface area contributed by atoms with E-state index in [-0.39, 0.29) is 0 Å². The molecule has 23 heavy (non-hydrogen) atoms. The molecule has 9 atom stereocenters. The summed E-state index contributed by atoms with van der Waals surface area (Å²) in [5.74, 6) is 0. The molecule has 2 aliphatic rings. The number of hydrogen-bond donors (Lipinski definition) is 9. The van der Waals surface area contributed by atoms with Gasteiger partial charge in [0, 0.05) is 0 Å². The van der Waals surface area contributed by atoms with E-state index in [9.17, 15) is 35.7 Å². The van der Waals surface area contributed by atoms with Gasteiger partial charge < -0.3 is 55.4 Å². The zero-order valence-corrected chi connectivity index (χ0v) is 12.0. The number of rotatable bonds is 3. The van der Waals surface area contributed by atoms with E-state index in [1.165, 1.54) is 0 Å². The van der Waals surface area contributed by atoms with Crippen molar-refractivity contribution in [3.05, 3.63) is 0 Å². The highest BCUT2D eigenvalue weighted by molar-refractivity contribution is 5.19. The van der Waals surface area contributed by atoms with Crippen LogP contribution in [0.15, 0.2) is 0 Å². The summed E-state index contributed by atoms with van der Waals surface area (Å²) in [6, 6.07) is 0. The van der Waals surface area contributed by atoms with E-state index in [4.69, 9.17) is 19.7 Å². The van der Waals surface area contributed by atoms with Crippen molar-refractivity contribution in [3.63, 3.8) is 0 Å². The first-order chi connectivity index (χ1) is 10.7. The highest BCUT2D eigenvalue weighted by atomic mass is 16.6. The van der Waals surface area contributed by atoms with Crippen LogP contribution in [0, 0.1) is 0 Å². The Hall–Kier alpha value is -0.440. The molecule has 0 aromatic heterocycles. The highest BCUT2D eigenvalue weighted by Crippen LogP contribution is 2.43. The Morgan fingerprint density at radius 2 is 1.39 bits per heavy atom. The summed E-state index contributed by atoms with van der Waals surface area (Å²) in [5.41, 5.74) is -6.13. The Labute approximate surface area is 130 Å². The van der Waals surface area contributed by atoms with Crippen molar-refractivity contribution in [1.29, 1.82) is 0 Å². The average Bonchev–Trinajstić information content (AvgIpc) is 2.54. The Kier molecular flexibility index (Phi) is 5.31. The quantitative estimate of drug-likeness (QED) is 0.236. The molecule has 0 aliphatic carbocycles. The minimum Gasteiger partial charge on any atom is -0.394 e. The first-order valence-electron chi connectivity index (χ1n) is 7.00. The Morgan fingerprint density at radius 1 is 0.826 bits per heavy atom. The molecule has 0 aromatic carbocycles. The minimum atomic E-state index is -3.13. The summed E-state index contributed by atoms with van der Waals surface area (Å²) >= 11 is 0. The lowest BCUT2D eigenvalue weighted by Gasteiger charge is -2.58. The minimum absolute atomic E-state index is 0.639. The molecule has 136 valence electrons. The van der Waals surface area contributed by atoms with E-state index < -0.39 is 73.9 Å². The standard InChI is InChI=1S/C12H22O11/c13-1-4-7(16)9(18)12(21,10(19)23-4)11(20)6(15)3-22-5(2-14)8(11)17/h4-10,13-21H,1-3H2/t4-,5-,6+,7-,8-,9+,10+,11+,12-/m1/s1. The molecule has 0 amide bonds. The third-order valence-electron chi connectivity index (χ3n) is 4.62. The normalized spacial score (nSPS) is 54.9. The van der Waals surface area contributed by atoms with Gasteiger partial charge in [-0.15, -0.1) is 0 Å². The number of aliphatic hydroxyl groups excluding tert-OH is 7. The number of hydrogen-bond acceptors (Lipinski definition) is 11. The van der Waals surface area contributed by atoms with Gasteiger partial charge in [0.05, 0.1) is 19.8 Å². The van der Waals surface area contributed by atoms with Gasteiger partial charge in [0.1, 0.15) is 36.6 Å². The molecule has 0 bridgehead atoms. The van der Waals surface area contributed by atoms with Gasteiger partial charge in [0.15, 0.2) is 17.5 Å². The van der Waals surface area contributed by atoms with Crippen molar-refractivity contribution < 1.29 is 55.4 Å². The van der Waals surface area contributed by atoms with Crippen molar-refractivity contribution in [2.75, 3.05) is 19.8 Å². The molecule has 2 aliphatic heterocycles. The topological polar surface area (TPSA) is 201 Å². The van der Waals surface area contributed by atoms with Crippen LogP contribution in [0.3, 0.4) is 0 Å². The van der Waals surface area contributed by atoms with Crippen LogP contribution in [0.5, 0.6) is 0 Å². The maximum atomic E-state index is 10.7. The summed E-state index contributed by atoms with van der Waals surface area (Å²) in [4.78, 5) is 0. The molecule has 2 heterocycles. The van der Waals surface area contributed by atoms with E-state index in [0.29, 0.717) is 0 Å². The van der Waals surface area contributed by atoms with Crippen LogP contribution >= 0.6 is 0 Å². The predicted molar refractivity (Wildman–Crippen MR) is 68.7 cm³/mol. The van der Waals surface area contributed by atoms with Crippen LogP contribution in [0.1, 0.15) is 0 Å². The smallest absolute Gasteiger partial charge is 0.190 e. The fraction of sp³-hybridized carbons (Fsp3) is 1.00. The van der Waals surface area contributed by atoms with Crippen molar-refractivity contribution >= 4 is 0 Å². The Bertz CT molecular complexity index is 422. The monoisotopic (exact) mass is 342 g/mol. The number of ether oxygens (including phenoxy) is 2. The number of aliphatic hydroxyl groups is 9. The van der Waals surface area contributed by atoms with Gasteiger partial charge in [0.25, 0.3) is 0 Å². The van der Waals surface area contributed by atoms with Gasteiger partial charge in [0.2, 0.25) is 0 Å². The lowest BCUT2D eigenvalue weighted by atomic mass is 9.66. The Morgan fingerprint density at radius 3 is 1.91 bits per heavy atom. The van der Waals surface area contributed by atoms with Crippen LogP contribution in [0.25, 0.3) is 0 Å². The molecule has 0 unspecified atom stereocenters. The summed E-state index contributed by atoms with van der Waals surface area (Å²) in [6.07, 6.45) is -13.6. The summed E-state index contributed by atoms with van der Waals surface area (Å²) < 4.78 is 9.67. The maximum absolute atomic E-state index is 10.7. The van der Waals surface area contributed by atoms with Crippen LogP contribution < -0.4 is 0 Å². The van der Waals surface area contributed by atoms with E-state index in [0.717, 1.165) is 0 Å². The zero-order chi connectivity index (χ0) is 17.6. The van der Waals surface area contributed by atoms with Gasteiger partial charge in [-0.1, -0.05) is 0 Å². The van der Waals surface area contributed by atoms with E-state index in [1.54, 1.807) is 0 Å². The second kappa shape index (κ2) is 6.46. The largest absolute Gasteiger partial charge is 0.394 e. The third-order valence-corrected chi connectivity index (χ3v) is 4.62. The van der Waals surface area contributed by atoms with Gasteiger partial charge in [-0.2, -0.15) is 0 Å². The average molecular weight is 342 g/mol. The van der Waals surface area contributed by atoms with Gasteiger partial charge in [-0.3, -0.25) is 0 Å². The summed E-state index contributed by atoms with van der Waals surface area (Å²) in [5, 5.41) is 89.7. The molecule has 0 aromatic rings. The van der Waals surface area contributed by atoms with Crippen LogP contribution in [-0.2, 0) is 9.47 Å². The molecule has 0 saturated carbocycles. The fourth-order valence-corrected chi connectivity index (χ4v) is 3.12. The third kappa shape index (κ3) is 2.49. The van der Waals surface area contributed by atoms with Crippen LogP contribution in [0.2, 0.25) is 0 Å². The van der Waals surface area contributed by atoms with Crippen molar-refractivity contribution in [2.24, 2.45) is 0 Å². The molecule has 2 rings (SSSR count). The first-order valence-corrected chi connectivity index (χ1v) is 7.00. The summed E-state index contributed by atoms with van der Waals surface area (Å²) in [7, 11) is 0. The molecule has 0 radical (unpaired) electrons. The SMILES string of the molecule is OC[C@H]1O[C@H](O)[C@@](O)([C@@]2(O)[C@H](O)[C@@H](CO)OC[C@@H]2O)[C@@H](O)[C@@H]1O. The molecule has 11 heteroatoms. The van der Waals surface area contributed by atoms with Crippen LogP contribution in [-0.4, -0.2) is 120 Å². The van der Waals surface area contributed by atoms with E-state index in [1.807, 2.05) is 0 Å². The molecular weight excluding hydrogens is 320 g/mol. The molecule has 2 fully saturated rings. The van der Waals surface area contributed by atoms with Crippen molar-refractivity contribution in [1.82, 2.24) is 0 Å². The maximum Gasteiger partial charge on any atom is 0.190 e. The lowest BCUT2D eigenvalue weighted by Crippen LogP contribution is -2.83. The first kappa shape index (κ1) is 18.9.